The predicted molar refractivity (Wildman–Crippen MR) is 115 cm³/mol. The van der Waals surface area contributed by atoms with Gasteiger partial charge in [0.15, 0.2) is 0 Å². The van der Waals surface area contributed by atoms with Crippen molar-refractivity contribution >= 4 is 39.8 Å². The predicted octanol–water partition coefficient (Wildman–Crippen LogP) is 1.55. The van der Waals surface area contributed by atoms with E-state index in [1.807, 2.05) is 31.2 Å². The van der Waals surface area contributed by atoms with Crippen molar-refractivity contribution in [1.29, 1.82) is 0 Å². The van der Waals surface area contributed by atoms with Gasteiger partial charge in [-0.15, -0.1) is 23.7 Å². The number of aryl methyl sites for hydroxylation is 1. The number of benzene rings is 1. The summed E-state index contributed by atoms with van der Waals surface area (Å²) in [6.07, 6.45) is -1.18. The summed E-state index contributed by atoms with van der Waals surface area (Å²) in [4.78, 5) is 24.7. The first kappa shape index (κ1) is 21.7. The fourth-order valence-electron chi connectivity index (χ4n) is 3.59. The van der Waals surface area contributed by atoms with Crippen LogP contribution in [0.5, 0.6) is 0 Å². The van der Waals surface area contributed by atoms with E-state index in [1.165, 1.54) is 11.3 Å². The van der Waals surface area contributed by atoms with Gasteiger partial charge in [-0.05, 0) is 18.6 Å². The summed E-state index contributed by atoms with van der Waals surface area (Å²) >= 11 is 1.39. The van der Waals surface area contributed by atoms with Gasteiger partial charge in [0.25, 0.3) is 5.56 Å². The maximum absolute atomic E-state index is 12.8. The number of para-hydroxylation sites is 1. The van der Waals surface area contributed by atoms with Crippen molar-refractivity contribution in [3.8, 4) is 10.6 Å². The molecule has 3 aromatic rings. The standard InChI is InChI=1S/C19H22N4O4S.ClH/c1-2-13-22-17(20-11-7-9(8-24)15(25)16(11)26)14(18(27)23-13)19-21-10-5-3-4-6-12(10)28-19;/h3-6,9,11,15-16,24-26H,2,7-8H2,1H3,(H2,20,22,23,27);1H/t9-,11-,15-,16+;/m1./s1. The van der Waals surface area contributed by atoms with Crippen LogP contribution in [0.15, 0.2) is 29.1 Å². The Morgan fingerprint density at radius 3 is 2.66 bits per heavy atom. The minimum atomic E-state index is -1.06. The van der Waals surface area contributed by atoms with Gasteiger partial charge in [-0.2, -0.15) is 0 Å². The van der Waals surface area contributed by atoms with Crippen molar-refractivity contribution in [3.05, 3.63) is 40.4 Å². The van der Waals surface area contributed by atoms with Gasteiger partial charge >= 0.3 is 0 Å². The Balaban J connectivity index is 0.00000240. The Bertz CT molecular complexity index is 1020. The highest BCUT2D eigenvalue weighted by Crippen LogP contribution is 2.34. The molecule has 1 aliphatic carbocycles. The van der Waals surface area contributed by atoms with Crippen molar-refractivity contribution in [3.63, 3.8) is 0 Å². The molecule has 0 amide bonds. The van der Waals surface area contributed by atoms with E-state index in [0.717, 1.165) is 10.2 Å². The number of aliphatic hydroxyl groups is 3. The van der Waals surface area contributed by atoms with E-state index in [2.05, 4.69) is 20.3 Å². The molecule has 0 spiro atoms. The maximum Gasteiger partial charge on any atom is 0.263 e. The molecule has 0 saturated heterocycles. The number of aliphatic hydroxyl groups excluding tert-OH is 3. The average Bonchev–Trinajstić information content (AvgIpc) is 3.23. The Morgan fingerprint density at radius 2 is 2.00 bits per heavy atom. The molecule has 4 atom stereocenters. The lowest BCUT2D eigenvalue weighted by molar-refractivity contribution is 0.00446. The summed E-state index contributed by atoms with van der Waals surface area (Å²) in [6, 6.07) is 7.09. The minimum absolute atomic E-state index is 0. The van der Waals surface area contributed by atoms with E-state index in [0.29, 0.717) is 35.1 Å². The van der Waals surface area contributed by atoms with Gasteiger partial charge in [-0.3, -0.25) is 4.79 Å². The molecule has 29 heavy (non-hydrogen) atoms. The number of hydrogen-bond donors (Lipinski definition) is 5. The van der Waals surface area contributed by atoms with Crippen molar-refractivity contribution in [2.75, 3.05) is 11.9 Å². The number of fused-ring (bicyclic) bond motifs is 1. The first-order valence-corrected chi connectivity index (χ1v) is 10.1. The van der Waals surface area contributed by atoms with Crippen LogP contribution in [0.1, 0.15) is 19.2 Å². The van der Waals surface area contributed by atoms with Crippen LogP contribution in [0.3, 0.4) is 0 Å². The minimum Gasteiger partial charge on any atom is -0.396 e. The quantitative estimate of drug-likeness (QED) is 0.408. The van der Waals surface area contributed by atoms with Crippen molar-refractivity contribution in [2.45, 2.75) is 38.0 Å². The molecule has 0 unspecified atom stereocenters. The summed E-state index contributed by atoms with van der Waals surface area (Å²) in [5, 5.41) is 33.5. The zero-order chi connectivity index (χ0) is 19.8. The van der Waals surface area contributed by atoms with Crippen LogP contribution < -0.4 is 10.9 Å². The Morgan fingerprint density at radius 1 is 1.24 bits per heavy atom. The van der Waals surface area contributed by atoms with Gasteiger partial charge in [0.05, 0.1) is 22.4 Å². The Kier molecular flexibility index (Phi) is 6.55. The SMILES string of the molecule is CCc1nc(N[C@@H]2C[C@H](CO)[C@@H](O)[C@H]2O)c(-c2nc3ccccc3s2)c(=O)[nH]1.Cl. The number of nitrogens with zero attached hydrogens (tertiary/aromatic N) is 2. The number of anilines is 1. The van der Waals surface area contributed by atoms with E-state index < -0.39 is 24.2 Å². The highest BCUT2D eigenvalue weighted by atomic mass is 35.5. The second-order valence-electron chi connectivity index (χ2n) is 6.99. The largest absolute Gasteiger partial charge is 0.396 e. The molecule has 2 heterocycles. The molecule has 0 aliphatic heterocycles. The number of hydrogen-bond acceptors (Lipinski definition) is 8. The van der Waals surface area contributed by atoms with E-state index in [-0.39, 0.29) is 24.6 Å². The molecule has 156 valence electrons. The molecular formula is C19H23ClN4O4S. The number of rotatable bonds is 5. The lowest BCUT2D eigenvalue weighted by Gasteiger charge is -2.20. The lowest BCUT2D eigenvalue weighted by atomic mass is 10.1. The zero-order valence-corrected chi connectivity index (χ0v) is 17.3. The van der Waals surface area contributed by atoms with Crippen LogP contribution in [0.4, 0.5) is 5.82 Å². The summed E-state index contributed by atoms with van der Waals surface area (Å²) in [5.41, 5.74) is 0.803. The van der Waals surface area contributed by atoms with Crippen LogP contribution in [0, 0.1) is 5.92 Å². The topological polar surface area (TPSA) is 131 Å². The molecule has 2 aromatic heterocycles. The van der Waals surface area contributed by atoms with E-state index in [4.69, 9.17) is 0 Å². The molecule has 1 saturated carbocycles. The van der Waals surface area contributed by atoms with E-state index >= 15 is 0 Å². The third-order valence-electron chi connectivity index (χ3n) is 5.17. The molecule has 5 N–H and O–H groups in total. The first-order valence-electron chi connectivity index (χ1n) is 9.24. The smallest absolute Gasteiger partial charge is 0.263 e. The first-order chi connectivity index (χ1) is 13.5. The number of aromatic nitrogens is 3. The number of aromatic amines is 1. The van der Waals surface area contributed by atoms with Gasteiger partial charge in [0, 0.05) is 18.9 Å². The van der Waals surface area contributed by atoms with Gasteiger partial charge in [-0.1, -0.05) is 19.1 Å². The van der Waals surface area contributed by atoms with Gasteiger partial charge in [0.1, 0.15) is 28.3 Å². The number of halogens is 1. The number of nitrogens with one attached hydrogen (secondary N) is 2. The summed E-state index contributed by atoms with van der Waals surface area (Å²) in [7, 11) is 0. The van der Waals surface area contributed by atoms with Gasteiger partial charge in [-0.25, -0.2) is 9.97 Å². The second kappa shape index (κ2) is 8.76. The van der Waals surface area contributed by atoms with E-state index in [1.54, 1.807) is 0 Å². The number of H-pyrrole nitrogens is 1. The molecular weight excluding hydrogens is 416 g/mol. The Labute approximate surface area is 177 Å². The highest BCUT2D eigenvalue weighted by molar-refractivity contribution is 7.21. The fourth-order valence-corrected chi connectivity index (χ4v) is 4.60. The zero-order valence-electron chi connectivity index (χ0n) is 15.7. The molecule has 0 bridgehead atoms. The molecule has 1 aliphatic rings. The Hall–Kier alpha value is -2.04. The van der Waals surface area contributed by atoms with Crippen LogP contribution in [0.2, 0.25) is 0 Å². The number of thiazole rings is 1. The van der Waals surface area contributed by atoms with Gasteiger partial charge < -0.3 is 25.6 Å². The van der Waals surface area contributed by atoms with Gasteiger partial charge in [0.2, 0.25) is 0 Å². The molecule has 10 heteroatoms. The van der Waals surface area contributed by atoms with Crippen molar-refractivity contribution in [2.24, 2.45) is 5.92 Å². The molecule has 1 aromatic carbocycles. The molecule has 0 radical (unpaired) electrons. The second-order valence-corrected chi connectivity index (χ2v) is 8.02. The van der Waals surface area contributed by atoms with Crippen molar-refractivity contribution < 1.29 is 15.3 Å². The van der Waals surface area contributed by atoms with Crippen molar-refractivity contribution in [1.82, 2.24) is 15.0 Å². The van der Waals surface area contributed by atoms with Crippen LogP contribution >= 0.6 is 23.7 Å². The third-order valence-corrected chi connectivity index (χ3v) is 6.22. The summed E-state index contributed by atoms with van der Waals surface area (Å²) < 4.78 is 0.957. The molecule has 1 fully saturated rings. The van der Waals surface area contributed by atoms with Crippen LogP contribution in [-0.4, -0.2) is 55.1 Å². The molecule has 4 rings (SSSR count). The fraction of sp³-hybridized carbons (Fsp3) is 0.421. The van der Waals surface area contributed by atoms with E-state index in [9.17, 15) is 20.1 Å². The van der Waals surface area contributed by atoms with Crippen LogP contribution in [-0.2, 0) is 6.42 Å². The molecule has 8 nitrogen and oxygen atoms in total. The average molecular weight is 439 g/mol. The maximum atomic E-state index is 12.8. The third kappa shape index (κ3) is 4.01. The lowest BCUT2D eigenvalue weighted by Crippen LogP contribution is -2.36. The van der Waals surface area contributed by atoms with Crippen LogP contribution in [0.25, 0.3) is 20.8 Å². The monoisotopic (exact) mass is 438 g/mol. The highest BCUT2D eigenvalue weighted by Gasteiger charge is 2.41. The summed E-state index contributed by atoms with van der Waals surface area (Å²) in [6.45, 7) is 1.67. The summed E-state index contributed by atoms with van der Waals surface area (Å²) in [5.74, 6) is 0.421. The normalized spacial score (nSPS) is 23.9.